The highest BCUT2D eigenvalue weighted by Gasteiger charge is 2.48. The van der Waals surface area contributed by atoms with E-state index < -0.39 is 16.2 Å². The Balaban J connectivity index is 0.959. The van der Waals surface area contributed by atoms with Crippen molar-refractivity contribution in [3.8, 4) is 11.4 Å². The van der Waals surface area contributed by atoms with Crippen LogP contribution in [0.5, 0.6) is 0 Å². The summed E-state index contributed by atoms with van der Waals surface area (Å²) in [7, 11) is 4.97. The fraction of sp³-hybridized carbons (Fsp3) is 0.364. The minimum Gasteiger partial charge on any atom is -0.348 e. The molecule has 0 spiro atoms. The molecule has 0 amide bonds. The molecule has 9 aromatic rings. The third kappa shape index (κ3) is 12.6. The second kappa shape index (κ2) is 28.2. The summed E-state index contributed by atoms with van der Waals surface area (Å²) < 4.78 is 14.2. The van der Waals surface area contributed by atoms with Gasteiger partial charge in [-0.3, -0.25) is 0 Å². The molecule has 0 fully saturated rings. The molecule has 0 saturated carbocycles. The topological polar surface area (TPSA) is 275 Å². The van der Waals surface area contributed by atoms with Crippen LogP contribution in [0.3, 0.4) is 0 Å². The van der Waals surface area contributed by atoms with Crippen LogP contribution < -0.4 is 44.8 Å². The van der Waals surface area contributed by atoms with Gasteiger partial charge in [0.2, 0.25) is 0 Å². The zero-order chi connectivity index (χ0) is 67.6. The number of halogens is 1. The SMILES string of the molecule is C=C(N/C=N\N)C1(C[C@@H](C)N)c2ccc(CNOC)cc2CCc2cc(C(NOC)c3ccc4c(c3)CCc3cc(C(NOC)c5ccc6c(c5)CCc5cc(C)ccc5C6(C[C@H](C)N)c5nnc(-c6ccc(F)cc6)[nH]5)ccc3C4(C[C@H](C)N)c3nnc(C(C)C)[nH]3)ccc21. The fourth-order valence-corrected chi connectivity index (χ4v) is 16.1. The minimum atomic E-state index is -0.841. The number of aryl methyl sites for hydroxylation is 7. The predicted octanol–water partition coefficient (Wildman–Crippen LogP) is 10.8. The van der Waals surface area contributed by atoms with Gasteiger partial charge in [0, 0.05) is 41.8 Å². The molecule has 0 radical (unpaired) electrons. The Hall–Kier alpha value is -8.60. The molecule has 7 aromatic carbocycles. The predicted molar refractivity (Wildman–Crippen MR) is 376 cm³/mol. The molecule has 0 saturated heterocycles. The Morgan fingerprint density at radius 3 is 1.45 bits per heavy atom. The van der Waals surface area contributed by atoms with E-state index >= 15 is 0 Å². The lowest BCUT2D eigenvalue weighted by Gasteiger charge is -2.40. The summed E-state index contributed by atoms with van der Waals surface area (Å²) >= 11 is 0. The van der Waals surface area contributed by atoms with Gasteiger partial charge in [-0.1, -0.05) is 135 Å². The summed E-state index contributed by atoms with van der Waals surface area (Å²) in [6, 6.07) is 45.5. The highest BCUT2D eigenvalue weighted by Crippen LogP contribution is 2.52. The molecule has 8 atom stereocenters. The number of aromatic nitrogens is 6. The molecule has 2 aromatic heterocycles. The maximum Gasteiger partial charge on any atom is 0.161 e. The highest BCUT2D eigenvalue weighted by atomic mass is 19.1. The molecule has 2 heterocycles. The van der Waals surface area contributed by atoms with Crippen LogP contribution in [-0.4, -0.2) is 76.2 Å². The van der Waals surface area contributed by atoms with Crippen LogP contribution in [0, 0.1) is 12.7 Å². The Morgan fingerprint density at radius 2 is 0.990 bits per heavy atom. The zero-order valence-electron chi connectivity index (χ0n) is 56.7. The molecule has 500 valence electrons. The number of H-pyrrole nitrogens is 2. The lowest BCUT2D eigenvalue weighted by Crippen LogP contribution is -2.41. The van der Waals surface area contributed by atoms with Gasteiger partial charge in [0.15, 0.2) is 5.82 Å². The molecule has 19 heteroatoms. The summed E-state index contributed by atoms with van der Waals surface area (Å²) in [5.74, 6) is 8.28. The Labute approximate surface area is 563 Å². The summed E-state index contributed by atoms with van der Waals surface area (Å²) in [4.78, 5) is 24.6. The van der Waals surface area contributed by atoms with Gasteiger partial charge in [-0.2, -0.15) is 21.5 Å². The van der Waals surface area contributed by atoms with Gasteiger partial charge in [-0.15, -0.1) is 20.4 Å². The molecule has 14 N–H and O–H groups in total. The summed E-state index contributed by atoms with van der Waals surface area (Å²) in [6.07, 6.45) is 7.69. The number of hydrogen-bond acceptors (Lipinski definition) is 15. The maximum atomic E-state index is 14.2. The summed E-state index contributed by atoms with van der Waals surface area (Å²) in [5, 5.41) is 26.7. The Morgan fingerprint density at radius 1 is 0.552 bits per heavy atom. The van der Waals surface area contributed by atoms with E-state index in [-0.39, 0.29) is 41.9 Å². The first-order valence-electron chi connectivity index (χ1n) is 33.5. The Bertz CT molecular complexity index is 4310. The van der Waals surface area contributed by atoms with Crippen LogP contribution >= 0.6 is 0 Å². The van der Waals surface area contributed by atoms with E-state index in [1.807, 2.05) is 13.8 Å². The van der Waals surface area contributed by atoms with Crippen LogP contribution in [0.25, 0.3) is 11.4 Å². The van der Waals surface area contributed by atoms with Gasteiger partial charge < -0.3 is 52.8 Å². The van der Waals surface area contributed by atoms with E-state index in [9.17, 15) is 4.39 Å². The van der Waals surface area contributed by atoms with Gasteiger partial charge in [-0.25, -0.2) is 4.39 Å². The smallest absolute Gasteiger partial charge is 0.161 e. The molecule has 0 bridgehead atoms. The quantitative estimate of drug-likeness (QED) is 0.0117. The summed E-state index contributed by atoms with van der Waals surface area (Å²) in [5.41, 5.74) is 50.1. The lowest BCUT2D eigenvalue weighted by atomic mass is 9.66. The van der Waals surface area contributed by atoms with Crippen LogP contribution in [0.2, 0.25) is 0 Å². The molecule has 3 aliphatic carbocycles. The van der Waals surface area contributed by atoms with Crippen molar-refractivity contribution in [3.05, 3.63) is 269 Å². The monoisotopic (exact) mass is 1290 g/mol. The zero-order valence-corrected chi connectivity index (χ0v) is 56.7. The van der Waals surface area contributed by atoms with E-state index in [4.69, 9.17) is 58.0 Å². The molecular weight excluding hydrogens is 1200 g/mol. The van der Waals surface area contributed by atoms with E-state index in [2.05, 4.69) is 180 Å². The Kier molecular flexibility index (Phi) is 19.8. The standard InChI is InChI=1S/C77H92FN15O3/c1-44(2)71-86-73(90-88-71)77(41-48(6)81)67-31-23-60(69(92-95-9)58-21-29-64-54(35-58)16-14-53-34-50(42-85-94-8)12-28-63(53)75(64,39-46(4)79)49(7)83-43-84-82)37-56(67)17-18-57-38-61(24-32-68(57)77)70(93-96-10)59-22-30-66-55(36-59)15-13-52-33-45(3)11-27-65(52)76(66,40-47(5)80)74-87-72(89-91-74)51-19-25-62(78)26-20-51/h11-12,19-38,43-44,46-48,69-70,85,92-93H,7,13-18,39-42,79-82H2,1-6,8-10H3,(H,83,84)(H,86,88,90)(H,87,89,91)/t46-,47+,48+,69?,70?,75?,76?,77?/m1/s1. The largest absolute Gasteiger partial charge is 0.348 e. The average Bonchev–Trinajstić information content (AvgIpc) is 1.45. The van der Waals surface area contributed by atoms with Crippen molar-refractivity contribution in [3.63, 3.8) is 0 Å². The first-order chi connectivity index (χ1) is 46.3. The van der Waals surface area contributed by atoms with Crippen LogP contribution in [0.4, 0.5) is 4.39 Å². The van der Waals surface area contributed by atoms with E-state index in [1.54, 1.807) is 33.5 Å². The normalized spacial score (nSPS) is 19.7. The third-order valence-corrected chi connectivity index (χ3v) is 20.1. The van der Waals surface area contributed by atoms with E-state index in [0.29, 0.717) is 50.3 Å². The van der Waals surface area contributed by atoms with Crippen LogP contribution in [-0.2, 0) is 75.8 Å². The maximum absolute atomic E-state index is 14.2. The van der Waals surface area contributed by atoms with Crippen molar-refractivity contribution in [1.29, 1.82) is 0 Å². The lowest BCUT2D eigenvalue weighted by molar-refractivity contribution is 0.0715. The van der Waals surface area contributed by atoms with Crippen molar-refractivity contribution >= 4 is 6.34 Å². The second-order valence-electron chi connectivity index (χ2n) is 27.3. The molecule has 96 heavy (non-hydrogen) atoms. The van der Waals surface area contributed by atoms with Crippen molar-refractivity contribution in [2.75, 3.05) is 21.3 Å². The number of nitrogens with one attached hydrogen (secondary N) is 6. The van der Waals surface area contributed by atoms with Gasteiger partial charge in [-0.05, 0) is 204 Å². The number of hydroxylamine groups is 3. The van der Waals surface area contributed by atoms with Gasteiger partial charge >= 0.3 is 0 Å². The molecule has 18 nitrogen and oxygen atoms in total. The van der Waals surface area contributed by atoms with Gasteiger partial charge in [0.25, 0.3) is 0 Å². The van der Waals surface area contributed by atoms with Crippen molar-refractivity contribution in [1.82, 2.24) is 52.1 Å². The molecule has 0 aliphatic heterocycles. The van der Waals surface area contributed by atoms with E-state index in [1.165, 1.54) is 57.4 Å². The second-order valence-corrected chi connectivity index (χ2v) is 27.3. The first kappa shape index (κ1) is 67.4. The van der Waals surface area contributed by atoms with Gasteiger partial charge in [0.1, 0.15) is 29.6 Å². The van der Waals surface area contributed by atoms with Crippen LogP contribution in [0.15, 0.2) is 151 Å². The van der Waals surface area contributed by atoms with E-state index in [0.717, 1.165) is 110 Å². The van der Waals surface area contributed by atoms with Crippen LogP contribution in [0.1, 0.15) is 189 Å². The highest BCUT2D eigenvalue weighted by molar-refractivity contribution is 5.65. The number of nitrogens with two attached hydrogens (primary N) is 4. The number of rotatable bonds is 24. The molecule has 12 rings (SSSR count). The number of hydrogen-bond donors (Lipinski definition) is 10. The fourth-order valence-electron chi connectivity index (χ4n) is 16.1. The first-order valence-corrected chi connectivity index (χ1v) is 33.5. The van der Waals surface area contributed by atoms with Crippen molar-refractivity contribution in [2.24, 2.45) is 28.1 Å². The molecular formula is C77H92FN15O3. The number of allylic oxidation sites excluding steroid dienone is 1. The molecule has 3 aliphatic rings. The third-order valence-electron chi connectivity index (χ3n) is 20.1. The number of benzene rings is 7. The van der Waals surface area contributed by atoms with Crippen molar-refractivity contribution in [2.45, 2.75) is 158 Å². The number of aromatic amines is 2. The summed E-state index contributed by atoms with van der Waals surface area (Å²) in [6.45, 7) is 17.8. The van der Waals surface area contributed by atoms with Gasteiger partial charge in [0.05, 0.1) is 49.7 Å². The average molecular weight is 1290 g/mol. The molecule has 5 unspecified atom stereocenters. The number of hydrazone groups is 1. The van der Waals surface area contributed by atoms with Crippen molar-refractivity contribution < 1.29 is 18.9 Å². The minimum absolute atomic E-state index is 0.0938. The number of nitrogens with zero attached hydrogens (tertiary/aromatic N) is 5. The number of fused-ring (bicyclic) bond motifs is 6.